The standard InChI is InChI=1S/C14H31N3/c1-5-14(2,12-15-3)13-16(4)10-11-17-8-6-7-9-17/h15H,5-13H2,1-4H3. The van der Waals surface area contributed by atoms with Gasteiger partial charge < -0.3 is 15.1 Å². The average molecular weight is 241 g/mol. The molecule has 0 spiro atoms. The van der Waals surface area contributed by atoms with Gasteiger partial charge in [-0.15, -0.1) is 0 Å². The molecule has 1 unspecified atom stereocenters. The van der Waals surface area contributed by atoms with Crippen molar-refractivity contribution < 1.29 is 0 Å². The zero-order valence-electron chi connectivity index (χ0n) is 12.3. The fraction of sp³-hybridized carbons (Fsp3) is 1.00. The summed E-state index contributed by atoms with van der Waals surface area (Å²) in [4.78, 5) is 5.09. The van der Waals surface area contributed by atoms with Crippen molar-refractivity contribution in [1.29, 1.82) is 0 Å². The van der Waals surface area contributed by atoms with E-state index in [-0.39, 0.29) is 0 Å². The molecule has 0 amide bonds. The molecule has 102 valence electrons. The second-order valence-electron chi connectivity index (χ2n) is 5.98. The van der Waals surface area contributed by atoms with Crippen LogP contribution in [0.1, 0.15) is 33.1 Å². The molecule has 1 fully saturated rings. The van der Waals surface area contributed by atoms with E-state index < -0.39 is 0 Å². The third-order valence-electron chi connectivity index (χ3n) is 4.11. The van der Waals surface area contributed by atoms with E-state index in [0.29, 0.717) is 5.41 Å². The molecule has 1 rings (SSSR count). The summed E-state index contributed by atoms with van der Waals surface area (Å²) in [6, 6.07) is 0. The number of rotatable bonds is 8. The average Bonchev–Trinajstić information content (AvgIpc) is 2.79. The molecule has 1 aliphatic rings. The van der Waals surface area contributed by atoms with Crippen LogP contribution < -0.4 is 5.32 Å². The largest absolute Gasteiger partial charge is 0.319 e. The third-order valence-corrected chi connectivity index (χ3v) is 4.11. The molecule has 0 aromatic heterocycles. The van der Waals surface area contributed by atoms with Gasteiger partial charge in [-0.05, 0) is 51.9 Å². The molecule has 1 heterocycles. The van der Waals surface area contributed by atoms with E-state index in [0.717, 1.165) is 6.54 Å². The summed E-state index contributed by atoms with van der Waals surface area (Å²) >= 11 is 0. The van der Waals surface area contributed by atoms with Crippen LogP contribution in [0.2, 0.25) is 0 Å². The van der Waals surface area contributed by atoms with Gasteiger partial charge >= 0.3 is 0 Å². The van der Waals surface area contributed by atoms with Gasteiger partial charge in [0.15, 0.2) is 0 Å². The Morgan fingerprint density at radius 2 is 1.94 bits per heavy atom. The molecule has 1 saturated heterocycles. The molecule has 0 aromatic carbocycles. The molecular formula is C14H31N3. The van der Waals surface area contributed by atoms with Crippen LogP contribution in [0.3, 0.4) is 0 Å². The normalized spacial score (nSPS) is 21.0. The van der Waals surface area contributed by atoms with Crippen molar-refractivity contribution in [3.05, 3.63) is 0 Å². The Morgan fingerprint density at radius 1 is 1.29 bits per heavy atom. The van der Waals surface area contributed by atoms with Gasteiger partial charge in [0.25, 0.3) is 0 Å². The maximum atomic E-state index is 3.32. The lowest BCUT2D eigenvalue weighted by Gasteiger charge is -2.33. The van der Waals surface area contributed by atoms with Gasteiger partial charge in [-0.3, -0.25) is 0 Å². The van der Waals surface area contributed by atoms with Crippen molar-refractivity contribution in [2.45, 2.75) is 33.1 Å². The number of likely N-dealkylation sites (N-methyl/N-ethyl adjacent to an activating group) is 1. The summed E-state index contributed by atoms with van der Waals surface area (Å²) in [6.45, 7) is 12.1. The lowest BCUT2D eigenvalue weighted by Crippen LogP contribution is -2.42. The van der Waals surface area contributed by atoms with Crippen LogP contribution in [-0.2, 0) is 0 Å². The summed E-state index contributed by atoms with van der Waals surface area (Å²) in [6.07, 6.45) is 4.04. The van der Waals surface area contributed by atoms with Gasteiger partial charge in [0.05, 0.1) is 0 Å². The van der Waals surface area contributed by atoms with E-state index in [1.165, 1.54) is 52.0 Å². The van der Waals surface area contributed by atoms with Crippen molar-refractivity contribution in [2.24, 2.45) is 5.41 Å². The Bertz CT molecular complexity index is 202. The Labute approximate surface area is 108 Å². The van der Waals surface area contributed by atoms with Crippen LogP contribution in [0.5, 0.6) is 0 Å². The third kappa shape index (κ3) is 5.36. The maximum absolute atomic E-state index is 3.32. The van der Waals surface area contributed by atoms with Crippen LogP contribution in [0, 0.1) is 5.41 Å². The highest BCUT2D eigenvalue weighted by molar-refractivity contribution is 4.78. The predicted molar refractivity (Wildman–Crippen MR) is 75.5 cm³/mol. The second kappa shape index (κ2) is 7.34. The van der Waals surface area contributed by atoms with Crippen molar-refractivity contribution in [2.75, 3.05) is 53.4 Å². The van der Waals surface area contributed by atoms with Crippen molar-refractivity contribution >= 4 is 0 Å². The van der Waals surface area contributed by atoms with E-state index in [4.69, 9.17) is 0 Å². The first-order chi connectivity index (χ1) is 8.09. The summed E-state index contributed by atoms with van der Waals surface area (Å²) in [5.41, 5.74) is 0.411. The molecule has 0 saturated carbocycles. The van der Waals surface area contributed by atoms with Crippen molar-refractivity contribution in [3.63, 3.8) is 0 Å². The predicted octanol–water partition coefficient (Wildman–Crippen LogP) is 1.65. The number of hydrogen-bond acceptors (Lipinski definition) is 3. The molecule has 17 heavy (non-hydrogen) atoms. The minimum atomic E-state index is 0.411. The van der Waals surface area contributed by atoms with Crippen molar-refractivity contribution in [1.82, 2.24) is 15.1 Å². The van der Waals surface area contributed by atoms with E-state index in [1.807, 2.05) is 0 Å². The molecule has 1 N–H and O–H groups in total. The van der Waals surface area contributed by atoms with Crippen LogP contribution in [0.15, 0.2) is 0 Å². The van der Waals surface area contributed by atoms with Crippen LogP contribution in [0.4, 0.5) is 0 Å². The van der Waals surface area contributed by atoms with E-state index >= 15 is 0 Å². The molecule has 0 aliphatic carbocycles. The van der Waals surface area contributed by atoms with Gasteiger partial charge in [-0.25, -0.2) is 0 Å². The fourth-order valence-electron chi connectivity index (χ4n) is 2.77. The van der Waals surface area contributed by atoms with Gasteiger partial charge in [0.1, 0.15) is 0 Å². The molecule has 3 nitrogen and oxygen atoms in total. The molecule has 1 aliphatic heterocycles. The Kier molecular flexibility index (Phi) is 6.45. The number of likely N-dealkylation sites (tertiary alicyclic amines) is 1. The van der Waals surface area contributed by atoms with Gasteiger partial charge in [-0.1, -0.05) is 13.8 Å². The first-order valence-corrected chi connectivity index (χ1v) is 7.15. The van der Waals surface area contributed by atoms with Gasteiger partial charge in [-0.2, -0.15) is 0 Å². The van der Waals surface area contributed by atoms with Gasteiger partial charge in [0.2, 0.25) is 0 Å². The number of nitrogens with zero attached hydrogens (tertiary/aromatic N) is 2. The first-order valence-electron chi connectivity index (χ1n) is 7.15. The molecule has 0 bridgehead atoms. The van der Waals surface area contributed by atoms with E-state index in [1.54, 1.807) is 0 Å². The smallest absolute Gasteiger partial charge is 0.0109 e. The van der Waals surface area contributed by atoms with E-state index in [2.05, 4.69) is 43.1 Å². The van der Waals surface area contributed by atoms with Crippen LogP contribution in [0.25, 0.3) is 0 Å². The molecule has 1 atom stereocenters. The van der Waals surface area contributed by atoms with Crippen LogP contribution >= 0.6 is 0 Å². The van der Waals surface area contributed by atoms with Crippen LogP contribution in [-0.4, -0.2) is 63.2 Å². The maximum Gasteiger partial charge on any atom is 0.0109 e. The minimum Gasteiger partial charge on any atom is -0.319 e. The summed E-state index contributed by atoms with van der Waals surface area (Å²) in [7, 11) is 4.32. The molecular weight excluding hydrogens is 210 g/mol. The zero-order chi connectivity index (χ0) is 12.7. The topological polar surface area (TPSA) is 18.5 Å². The van der Waals surface area contributed by atoms with Crippen molar-refractivity contribution in [3.8, 4) is 0 Å². The van der Waals surface area contributed by atoms with E-state index in [9.17, 15) is 0 Å². The first kappa shape index (κ1) is 14.9. The highest BCUT2D eigenvalue weighted by Crippen LogP contribution is 2.20. The Morgan fingerprint density at radius 3 is 2.47 bits per heavy atom. The molecule has 0 radical (unpaired) electrons. The monoisotopic (exact) mass is 241 g/mol. The highest BCUT2D eigenvalue weighted by atomic mass is 15.2. The quantitative estimate of drug-likeness (QED) is 0.697. The Balaban J connectivity index is 2.24. The highest BCUT2D eigenvalue weighted by Gasteiger charge is 2.23. The number of nitrogens with one attached hydrogen (secondary N) is 1. The summed E-state index contributed by atoms with van der Waals surface area (Å²) in [5, 5.41) is 3.32. The molecule has 0 aromatic rings. The summed E-state index contributed by atoms with van der Waals surface area (Å²) < 4.78 is 0. The number of hydrogen-bond donors (Lipinski definition) is 1. The fourth-order valence-corrected chi connectivity index (χ4v) is 2.77. The second-order valence-corrected chi connectivity index (χ2v) is 5.98. The summed E-state index contributed by atoms with van der Waals surface area (Å²) in [5.74, 6) is 0. The van der Waals surface area contributed by atoms with Gasteiger partial charge in [0, 0.05) is 26.2 Å². The lowest BCUT2D eigenvalue weighted by atomic mass is 9.87. The minimum absolute atomic E-state index is 0.411. The lowest BCUT2D eigenvalue weighted by molar-refractivity contribution is 0.167. The molecule has 3 heteroatoms. The SMILES string of the molecule is CCC(C)(CNC)CN(C)CCN1CCCC1. The zero-order valence-corrected chi connectivity index (χ0v) is 12.3. The Hall–Kier alpha value is -0.120.